The minimum Gasteiger partial charge on any atom is -0.481 e. The van der Waals surface area contributed by atoms with E-state index >= 15 is 0 Å². The van der Waals surface area contributed by atoms with E-state index in [-0.39, 0.29) is 18.9 Å². The minimum absolute atomic E-state index is 0.0481. The van der Waals surface area contributed by atoms with E-state index in [0.717, 1.165) is 0 Å². The van der Waals surface area contributed by atoms with Crippen LogP contribution >= 0.6 is 0 Å². The van der Waals surface area contributed by atoms with Crippen LogP contribution in [0.25, 0.3) is 0 Å². The number of rotatable bonds is 2. The van der Waals surface area contributed by atoms with Crippen LogP contribution in [-0.2, 0) is 4.79 Å². The summed E-state index contributed by atoms with van der Waals surface area (Å²) in [6.07, 6.45) is 0.803. The van der Waals surface area contributed by atoms with E-state index in [0.29, 0.717) is 12.8 Å². The fourth-order valence-electron chi connectivity index (χ4n) is 1.65. The van der Waals surface area contributed by atoms with Gasteiger partial charge in [-0.25, -0.2) is 0 Å². The number of carboxylic acids is 1. The van der Waals surface area contributed by atoms with Crippen molar-refractivity contribution in [2.24, 2.45) is 11.8 Å². The highest BCUT2D eigenvalue weighted by Gasteiger charge is 2.31. The molecule has 0 spiro atoms. The van der Waals surface area contributed by atoms with Gasteiger partial charge in [0.15, 0.2) is 0 Å². The Morgan fingerprint density at radius 2 is 2.08 bits per heavy atom. The van der Waals surface area contributed by atoms with Crippen molar-refractivity contribution in [2.75, 3.05) is 6.61 Å². The summed E-state index contributed by atoms with van der Waals surface area (Å²) >= 11 is 0. The van der Waals surface area contributed by atoms with Crippen LogP contribution in [0.5, 0.6) is 0 Å². The monoisotopic (exact) mass is 174 g/mol. The molecule has 1 rings (SSSR count). The second-order valence-corrected chi connectivity index (χ2v) is 3.36. The normalized spacial score (nSPS) is 36.3. The molecule has 1 saturated carbocycles. The first kappa shape index (κ1) is 9.48. The van der Waals surface area contributed by atoms with Gasteiger partial charge in [-0.3, -0.25) is 4.79 Å². The Morgan fingerprint density at radius 3 is 2.50 bits per heavy atom. The Balaban J connectivity index is 2.46. The van der Waals surface area contributed by atoms with Crippen molar-refractivity contribution in [2.45, 2.75) is 25.4 Å². The van der Waals surface area contributed by atoms with E-state index in [9.17, 15) is 9.90 Å². The number of hydrogen-bond donors (Lipinski definition) is 3. The van der Waals surface area contributed by atoms with Gasteiger partial charge in [0.2, 0.25) is 0 Å². The Kier molecular flexibility index (Phi) is 3.05. The van der Waals surface area contributed by atoms with Gasteiger partial charge in [0.1, 0.15) is 0 Å². The Morgan fingerprint density at radius 1 is 1.42 bits per heavy atom. The van der Waals surface area contributed by atoms with Gasteiger partial charge in [-0.1, -0.05) is 0 Å². The molecular weight excluding hydrogens is 160 g/mol. The third kappa shape index (κ3) is 1.95. The molecule has 1 aliphatic carbocycles. The van der Waals surface area contributed by atoms with Gasteiger partial charge in [0, 0.05) is 12.5 Å². The molecule has 0 heterocycles. The van der Waals surface area contributed by atoms with Gasteiger partial charge in [-0.15, -0.1) is 0 Å². The Bertz CT molecular complexity index is 168. The first-order valence-corrected chi connectivity index (χ1v) is 4.17. The molecule has 0 bridgehead atoms. The van der Waals surface area contributed by atoms with Gasteiger partial charge in [0.05, 0.1) is 12.0 Å². The van der Waals surface area contributed by atoms with Gasteiger partial charge in [0.25, 0.3) is 0 Å². The predicted molar refractivity (Wildman–Crippen MR) is 41.6 cm³/mol. The quantitative estimate of drug-likeness (QED) is 0.543. The molecule has 0 amide bonds. The van der Waals surface area contributed by atoms with E-state index in [4.69, 9.17) is 10.2 Å². The molecular formula is C8H14O4. The van der Waals surface area contributed by atoms with E-state index in [1.165, 1.54) is 0 Å². The number of aliphatic carboxylic acids is 1. The molecule has 3 atom stereocenters. The molecule has 0 aromatic carbocycles. The number of aliphatic hydroxyl groups excluding tert-OH is 2. The maximum atomic E-state index is 10.5. The molecule has 0 aliphatic heterocycles. The SMILES string of the molecule is O=C(O)C1CCC(CO)C(O)C1. The average Bonchev–Trinajstić information content (AvgIpc) is 2.04. The predicted octanol–water partition coefficient (Wildman–Crippen LogP) is -0.160. The summed E-state index contributed by atoms with van der Waals surface area (Å²) in [5, 5.41) is 26.8. The van der Waals surface area contributed by atoms with Gasteiger partial charge >= 0.3 is 5.97 Å². The maximum Gasteiger partial charge on any atom is 0.306 e. The van der Waals surface area contributed by atoms with Crippen molar-refractivity contribution >= 4 is 5.97 Å². The zero-order valence-electron chi connectivity index (χ0n) is 6.81. The van der Waals surface area contributed by atoms with Gasteiger partial charge in [-0.2, -0.15) is 0 Å². The fourth-order valence-corrected chi connectivity index (χ4v) is 1.65. The molecule has 70 valence electrons. The fraction of sp³-hybridized carbons (Fsp3) is 0.875. The molecule has 4 heteroatoms. The molecule has 1 fully saturated rings. The molecule has 3 N–H and O–H groups in total. The van der Waals surface area contributed by atoms with Gasteiger partial charge < -0.3 is 15.3 Å². The second kappa shape index (κ2) is 3.87. The summed E-state index contributed by atoms with van der Waals surface area (Å²) in [5.74, 6) is -1.39. The van der Waals surface area contributed by atoms with Crippen LogP contribution in [0.3, 0.4) is 0 Å². The third-order valence-electron chi connectivity index (χ3n) is 2.54. The summed E-state index contributed by atoms with van der Waals surface area (Å²) in [6, 6.07) is 0. The third-order valence-corrected chi connectivity index (χ3v) is 2.54. The highest BCUT2D eigenvalue weighted by atomic mass is 16.4. The largest absolute Gasteiger partial charge is 0.481 e. The zero-order chi connectivity index (χ0) is 9.14. The average molecular weight is 174 g/mol. The number of aliphatic hydroxyl groups is 2. The molecule has 0 saturated heterocycles. The second-order valence-electron chi connectivity index (χ2n) is 3.36. The van der Waals surface area contributed by atoms with Crippen molar-refractivity contribution in [3.05, 3.63) is 0 Å². The van der Waals surface area contributed by atoms with Crippen LogP contribution in [0.1, 0.15) is 19.3 Å². The number of hydrogen-bond acceptors (Lipinski definition) is 3. The maximum absolute atomic E-state index is 10.5. The van der Waals surface area contributed by atoms with Crippen LogP contribution < -0.4 is 0 Å². The summed E-state index contributed by atoms with van der Waals surface area (Å²) in [5.41, 5.74) is 0. The molecule has 0 aromatic rings. The van der Waals surface area contributed by atoms with Crippen molar-refractivity contribution in [3.8, 4) is 0 Å². The number of carboxylic acid groups (broad SMARTS) is 1. The minimum atomic E-state index is -0.842. The highest BCUT2D eigenvalue weighted by molar-refractivity contribution is 5.70. The summed E-state index contributed by atoms with van der Waals surface area (Å²) in [7, 11) is 0. The lowest BCUT2D eigenvalue weighted by Crippen LogP contribution is -2.34. The van der Waals surface area contributed by atoms with E-state index in [2.05, 4.69) is 0 Å². The lowest BCUT2D eigenvalue weighted by atomic mass is 9.80. The smallest absolute Gasteiger partial charge is 0.306 e. The molecule has 4 nitrogen and oxygen atoms in total. The Hall–Kier alpha value is -0.610. The molecule has 3 unspecified atom stereocenters. The highest BCUT2D eigenvalue weighted by Crippen LogP contribution is 2.28. The molecule has 0 radical (unpaired) electrons. The van der Waals surface area contributed by atoms with Crippen LogP contribution in [-0.4, -0.2) is 34.0 Å². The first-order valence-electron chi connectivity index (χ1n) is 4.17. The molecule has 1 aliphatic rings. The Labute approximate surface area is 70.8 Å². The first-order chi connectivity index (χ1) is 5.65. The van der Waals surface area contributed by atoms with Crippen molar-refractivity contribution in [1.82, 2.24) is 0 Å². The summed E-state index contributed by atoms with van der Waals surface area (Å²) < 4.78 is 0. The van der Waals surface area contributed by atoms with Crippen molar-refractivity contribution in [1.29, 1.82) is 0 Å². The van der Waals surface area contributed by atoms with Crippen LogP contribution in [0.2, 0.25) is 0 Å². The van der Waals surface area contributed by atoms with E-state index in [1.54, 1.807) is 0 Å². The van der Waals surface area contributed by atoms with E-state index < -0.39 is 18.0 Å². The van der Waals surface area contributed by atoms with Crippen molar-refractivity contribution < 1.29 is 20.1 Å². The standard InChI is InChI=1S/C8H14O4/c9-4-6-2-1-5(8(11)12)3-7(6)10/h5-7,9-10H,1-4H2,(H,11,12). The van der Waals surface area contributed by atoms with E-state index in [1.807, 2.05) is 0 Å². The van der Waals surface area contributed by atoms with Crippen LogP contribution in [0, 0.1) is 11.8 Å². The lowest BCUT2D eigenvalue weighted by molar-refractivity contribution is -0.145. The van der Waals surface area contributed by atoms with Gasteiger partial charge in [-0.05, 0) is 19.3 Å². The van der Waals surface area contributed by atoms with Crippen LogP contribution in [0.4, 0.5) is 0 Å². The number of carbonyl (C=O) groups is 1. The molecule has 0 aromatic heterocycles. The molecule has 12 heavy (non-hydrogen) atoms. The van der Waals surface area contributed by atoms with Crippen LogP contribution in [0.15, 0.2) is 0 Å². The summed E-state index contributed by atoms with van der Waals surface area (Å²) in [4.78, 5) is 10.5. The van der Waals surface area contributed by atoms with Crippen molar-refractivity contribution in [3.63, 3.8) is 0 Å². The summed E-state index contributed by atoms with van der Waals surface area (Å²) in [6.45, 7) is -0.0481. The zero-order valence-corrected chi connectivity index (χ0v) is 6.81. The topological polar surface area (TPSA) is 77.8 Å². The lowest BCUT2D eigenvalue weighted by Gasteiger charge is -2.29.